The average molecular weight is 288 g/mol. The zero-order valence-electron chi connectivity index (χ0n) is 11.4. The molecule has 0 aliphatic carbocycles. The first-order valence-electron chi connectivity index (χ1n) is 6.20. The molecule has 0 unspecified atom stereocenters. The summed E-state index contributed by atoms with van der Waals surface area (Å²) in [5, 5.41) is 9.12. The van der Waals surface area contributed by atoms with E-state index in [1.165, 1.54) is 0 Å². The number of rotatable bonds is 5. The van der Waals surface area contributed by atoms with Gasteiger partial charge in [0.25, 0.3) is 0 Å². The first kappa shape index (κ1) is 14.5. The second kappa shape index (κ2) is 6.48. The topological polar surface area (TPSA) is 46.5 Å². The number of carboxylic acid groups (broad SMARTS) is 1. The first-order valence-corrected chi connectivity index (χ1v) is 7.18. The molecule has 4 heteroatoms. The van der Waals surface area contributed by atoms with Gasteiger partial charge in [-0.3, -0.25) is 0 Å². The van der Waals surface area contributed by atoms with E-state index in [9.17, 15) is 4.79 Å². The second-order valence-corrected chi connectivity index (χ2v) is 5.47. The van der Waals surface area contributed by atoms with E-state index in [4.69, 9.17) is 9.84 Å². The largest absolute Gasteiger partial charge is 0.497 e. The zero-order chi connectivity index (χ0) is 14.5. The third-order valence-corrected chi connectivity index (χ3v) is 4.04. The standard InChI is InChI=1S/C16H16O3S/c1-11-6-7-14(9-15(11)16(17)18)20-10-12-4-3-5-13(8-12)19-2/h3-9H,10H2,1-2H3,(H,17,18). The highest BCUT2D eigenvalue weighted by Crippen LogP contribution is 2.26. The molecule has 0 amide bonds. The number of hydrogen-bond acceptors (Lipinski definition) is 3. The van der Waals surface area contributed by atoms with E-state index in [0.29, 0.717) is 5.56 Å². The van der Waals surface area contributed by atoms with Crippen molar-refractivity contribution < 1.29 is 14.6 Å². The summed E-state index contributed by atoms with van der Waals surface area (Å²) in [5.74, 6) is 0.726. The van der Waals surface area contributed by atoms with Gasteiger partial charge in [-0.15, -0.1) is 11.8 Å². The molecule has 3 nitrogen and oxygen atoms in total. The van der Waals surface area contributed by atoms with Gasteiger partial charge in [0.1, 0.15) is 5.75 Å². The lowest BCUT2D eigenvalue weighted by Crippen LogP contribution is -1.99. The number of hydrogen-bond donors (Lipinski definition) is 1. The molecule has 0 spiro atoms. The molecular formula is C16H16O3S. The summed E-state index contributed by atoms with van der Waals surface area (Å²) in [5.41, 5.74) is 2.29. The van der Waals surface area contributed by atoms with E-state index in [1.54, 1.807) is 31.9 Å². The summed E-state index contributed by atoms with van der Waals surface area (Å²) in [7, 11) is 1.64. The Bertz CT molecular complexity index is 623. The minimum Gasteiger partial charge on any atom is -0.497 e. The van der Waals surface area contributed by atoms with Crippen LogP contribution in [-0.4, -0.2) is 18.2 Å². The van der Waals surface area contributed by atoms with Crippen LogP contribution in [0.15, 0.2) is 47.4 Å². The van der Waals surface area contributed by atoms with E-state index < -0.39 is 5.97 Å². The molecule has 0 aromatic heterocycles. The lowest BCUT2D eigenvalue weighted by molar-refractivity contribution is 0.0696. The van der Waals surface area contributed by atoms with Crippen LogP contribution >= 0.6 is 11.8 Å². The zero-order valence-corrected chi connectivity index (χ0v) is 12.2. The van der Waals surface area contributed by atoms with E-state index in [2.05, 4.69) is 0 Å². The summed E-state index contributed by atoms with van der Waals surface area (Å²) in [6.07, 6.45) is 0. The quantitative estimate of drug-likeness (QED) is 0.845. The van der Waals surface area contributed by atoms with Crippen LogP contribution < -0.4 is 4.74 Å². The van der Waals surface area contributed by atoms with E-state index >= 15 is 0 Å². The molecular weight excluding hydrogens is 272 g/mol. The molecule has 0 bridgehead atoms. The fourth-order valence-corrected chi connectivity index (χ4v) is 2.73. The van der Waals surface area contributed by atoms with Crippen molar-refractivity contribution >= 4 is 17.7 Å². The second-order valence-electron chi connectivity index (χ2n) is 4.42. The van der Waals surface area contributed by atoms with Gasteiger partial charge in [-0.1, -0.05) is 18.2 Å². The van der Waals surface area contributed by atoms with Crippen molar-refractivity contribution in [3.05, 3.63) is 59.2 Å². The molecule has 0 aliphatic heterocycles. The smallest absolute Gasteiger partial charge is 0.335 e. The van der Waals surface area contributed by atoms with Gasteiger partial charge in [0.05, 0.1) is 12.7 Å². The Kier molecular flexibility index (Phi) is 4.69. The van der Waals surface area contributed by atoms with Crippen LogP contribution in [0.5, 0.6) is 5.75 Å². The fourth-order valence-electron chi connectivity index (χ4n) is 1.85. The van der Waals surface area contributed by atoms with Crippen molar-refractivity contribution in [2.75, 3.05) is 7.11 Å². The number of carboxylic acids is 1. The van der Waals surface area contributed by atoms with Crippen LogP contribution in [0.1, 0.15) is 21.5 Å². The molecule has 104 valence electrons. The predicted octanol–water partition coefficient (Wildman–Crippen LogP) is 3.99. The lowest BCUT2D eigenvalue weighted by atomic mass is 10.1. The van der Waals surface area contributed by atoms with Gasteiger partial charge in [-0.05, 0) is 42.3 Å². The molecule has 20 heavy (non-hydrogen) atoms. The molecule has 0 saturated carbocycles. The molecule has 0 radical (unpaired) electrons. The normalized spacial score (nSPS) is 10.3. The third-order valence-electron chi connectivity index (χ3n) is 2.98. The number of methoxy groups -OCH3 is 1. The predicted molar refractivity (Wildman–Crippen MR) is 80.7 cm³/mol. The molecule has 2 aromatic carbocycles. The highest BCUT2D eigenvalue weighted by Gasteiger charge is 2.08. The molecule has 0 fully saturated rings. The molecule has 2 rings (SSSR count). The van der Waals surface area contributed by atoms with Gasteiger partial charge in [-0.25, -0.2) is 4.79 Å². The molecule has 0 heterocycles. The van der Waals surface area contributed by atoms with Gasteiger partial charge in [0.15, 0.2) is 0 Å². The summed E-state index contributed by atoms with van der Waals surface area (Å²) < 4.78 is 5.19. The maximum atomic E-state index is 11.1. The highest BCUT2D eigenvalue weighted by atomic mass is 32.2. The van der Waals surface area contributed by atoms with Crippen molar-refractivity contribution in [1.29, 1.82) is 0 Å². The summed E-state index contributed by atoms with van der Waals surface area (Å²) in [6, 6.07) is 13.4. The number of carbonyl (C=O) groups is 1. The highest BCUT2D eigenvalue weighted by molar-refractivity contribution is 7.98. The molecule has 2 aromatic rings. The SMILES string of the molecule is COc1cccc(CSc2ccc(C)c(C(=O)O)c2)c1. The maximum Gasteiger partial charge on any atom is 0.335 e. The Morgan fingerprint density at radius 3 is 2.75 bits per heavy atom. The fraction of sp³-hybridized carbons (Fsp3) is 0.188. The van der Waals surface area contributed by atoms with Crippen molar-refractivity contribution in [1.82, 2.24) is 0 Å². The molecule has 0 atom stereocenters. The van der Waals surface area contributed by atoms with Gasteiger partial charge in [0, 0.05) is 10.6 Å². The van der Waals surface area contributed by atoms with Gasteiger partial charge >= 0.3 is 5.97 Å². The van der Waals surface area contributed by atoms with Gasteiger partial charge in [-0.2, -0.15) is 0 Å². The minimum absolute atomic E-state index is 0.362. The summed E-state index contributed by atoms with van der Waals surface area (Å²) in [4.78, 5) is 12.1. The van der Waals surface area contributed by atoms with Crippen molar-refractivity contribution in [3.63, 3.8) is 0 Å². The summed E-state index contributed by atoms with van der Waals surface area (Å²) in [6.45, 7) is 1.81. The van der Waals surface area contributed by atoms with E-state index in [0.717, 1.165) is 27.5 Å². The van der Waals surface area contributed by atoms with Crippen LogP contribution in [0.25, 0.3) is 0 Å². The number of ether oxygens (including phenoxy) is 1. The monoisotopic (exact) mass is 288 g/mol. The van der Waals surface area contributed by atoms with Crippen LogP contribution in [-0.2, 0) is 5.75 Å². The number of benzene rings is 2. The first-order chi connectivity index (χ1) is 9.60. The summed E-state index contributed by atoms with van der Waals surface area (Å²) >= 11 is 1.61. The lowest BCUT2D eigenvalue weighted by Gasteiger charge is -2.07. The Balaban J connectivity index is 2.10. The Hall–Kier alpha value is -1.94. The molecule has 0 saturated heterocycles. The number of thioether (sulfide) groups is 1. The molecule has 1 N–H and O–H groups in total. The number of aryl methyl sites for hydroxylation is 1. The maximum absolute atomic E-state index is 11.1. The van der Waals surface area contributed by atoms with Gasteiger partial charge < -0.3 is 9.84 Å². The van der Waals surface area contributed by atoms with Crippen molar-refractivity contribution in [3.8, 4) is 5.75 Å². The van der Waals surface area contributed by atoms with Crippen LogP contribution in [0.3, 0.4) is 0 Å². The van der Waals surface area contributed by atoms with Gasteiger partial charge in [0.2, 0.25) is 0 Å². The Labute approximate surface area is 122 Å². The van der Waals surface area contributed by atoms with Crippen LogP contribution in [0, 0.1) is 6.92 Å². The van der Waals surface area contributed by atoms with Crippen LogP contribution in [0.2, 0.25) is 0 Å². The van der Waals surface area contributed by atoms with E-state index in [-0.39, 0.29) is 0 Å². The Morgan fingerprint density at radius 1 is 1.25 bits per heavy atom. The Morgan fingerprint density at radius 2 is 2.05 bits per heavy atom. The third kappa shape index (κ3) is 3.54. The van der Waals surface area contributed by atoms with Crippen LogP contribution in [0.4, 0.5) is 0 Å². The van der Waals surface area contributed by atoms with E-state index in [1.807, 2.05) is 36.4 Å². The molecule has 0 aliphatic rings. The minimum atomic E-state index is -0.883. The number of aromatic carboxylic acids is 1. The van der Waals surface area contributed by atoms with Crippen molar-refractivity contribution in [2.24, 2.45) is 0 Å². The van der Waals surface area contributed by atoms with Crippen molar-refractivity contribution in [2.45, 2.75) is 17.6 Å². The average Bonchev–Trinajstić information content (AvgIpc) is 2.46.